The Labute approximate surface area is 136 Å². The third kappa shape index (κ3) is 5.25. The first kappa shape index (κ1) is 16.7. The zero-order chi connectivity index (χ0) is 16.7. The minimum absolute atomic E-state index is 0.134. The van der Waals surface area contributed by atoms with Crippen LogP contribution in [-0.4, -0.2) is 17.0 Å². The number of hydrogen-bond donors (Lipinski definition) is 2. The Hall–Kier alpha value is -2.62. The van der Waals surface area contributed by atoms with Gasteiger partial charge < -0.3 is 10.4 Å². The quantitative estimate of drug-likeness (QED) is 0.825. The normalized spacial score (nSPS) is 11.7. The molecule has 0 fully saturated rings. The fourth-order valence-electron chi connectivity index (χ4n) is 2.44. The maximum Gasteiger partial charge on any atom is 0.305 e. The predicted octanol–water partition coefficient (Wildman–Crippen LogP) is 3.12. The molecule has 0 radical (unpaired) electrons. The molecule has 0 heterocycles. The van der Waals surface area contributed by atoms with Gasteiger partial charge in [-0.25, -0.2) is 0 Å². The SMILES string of the molecule is CCc1ccc(CC(=O)NC(CC(=O)O)c2ccccc2)cc1. The number of aliphatic carboxylic acids is 1. The number of hydrogen-bond acceptors (Lipinski definition) is 2. The van der Waals surface area contributed by atoms with Crippen molar-refractivity contribution in [1.29, 1.82) is 0 Å². The summed E-state index contributed by atoms with van der Waals surface area (Å²) in [6, 6.07) is 16.5. The van der Waals surface area contributed by atoms with Crippen molar-refractivity contribution in [1.82, 2.24) is 5.32 Å². The molecule has 2 aromatic rings. The highest BCUT2D eigenvalue weighted by atomic mass is 16.4. The first-order valence-electron chi connectivity index (χ1n) is 7.72. The monoisotopic (exact) mass is 311 g/mol. The van der Waals surface area contributed by atoms with E-state index in [1.54, 1.807) is 0 Å². The second-order valence-corrected chi connectivity index (χ2v) is 5.48. The standard InChI is InChI=1S/C19H21NO3/c1-2-14-8-10-15(11-9-14)12-18(21)20-17(13-19(22)23)16-6-4-3-5-7-16/h3-11,17H,2,12-13H2,1H3,(H,20,21)(H,22,23). The molecule has 1 amide bonds. The molecule has 0 saturated heterocycles. The Balaban J connectivity index is 2.03. The summed E-state index contributed by atoms with van der Waals surface area (Å²) in [5, 5.41) is 11.9. The van der Waals surface area contributed by atoms with Crippen molar-refractivity contribution in [3.05, 3.63) is 71.3 Å². The van der Waals surface area contributed by atoms with Gasteiger partial charge in [0.2, 0.25) is 5.91 Å². The van der Waals surface area contributed by atoms with Crippen LogP contribution in [0.2, 0.25) is 0 Å². The van der Waals surface area contributed by atoms with Gasteiger partial charge in [-0.2, -0.15) is 0 Å². The number of carboxylic acids is 1. The molecule has 2 rings (SSSR count). The highest BCUT2D eigenvalue weighted by molar-refractivity contribution is 5.80. The number of aryl methyl sites for hydroxylation is 1. The first-order valence-corrected chi connectivity index (χ1v) is 7.72. The van der Waals surface area contributed by atoms with Crippen LogP contribution in [0.25, 0.3) is 0 Å². The molecule has 0 saturated carbocycles. The average Bonchev–Trinajstić information content (AvgIpc) is 2.55. The summed E-state index contributed by atoms with van der Waals surface area (Å²) in [4.78, 5) is 23.3. The number of amides is 1. The number of carbonyl (C=O) groups excluding carboxylic acids is 1. The van der Waals surface area contributed by atoms with Crippen molar-refractivity contribution in [2.24, 2.45) is 0 Å². The second-order valence-electron chi connectivity index (χ2n) is 5.48. The molecule has 2 N–H and O–H groups in total. The van der Waals surface area contributed by atoms with E-state index in [4.69, 9.17) is 5.11 Å². The molecule has 1 atom stereocenters. The molecule has 0 aliphatic rings. The Kier molecular flexibility index (Phi) is 5.92. The molecular formula is C19H21NO3. The van der Waals surface area contributed by atoms with E-state index in [0.29, 0.717) is 0 Å². The summed E-state index contributed by atoms with van der Waals surface area (Å²) in [5.74, 6) is -1.11. The summed E-state index contributed by atoms with van der Waals surface area (Å²) < 4.78 is 0. The minimum Gasteiger partial charge on any atom is -0.481 e. The highest BCUT2D eigenvalue weighted by Gasteiger charge is 2.17. The van der Waals surface area contributed by atoms with Crippen molar-refractivity contribution < 1.29 is 14.7 Å². The van der Waals surface area contributed by atoms with Gasteiger partial charge in [-0.15, -0.1) is 0 Å². The zero-order valence-electron chi connectivity index (χ0n) is 13.2. The largest absolute Gasteiger partial charge is 0.481 e. The minimum atomic E-state index is -0.938. The molecule has 0 aliphatic carbocycles. The van der Waals surface area contributed by atoms with E-state index in [2.05, 4.69) is 12.2 Å². The molecule has 2 aromatic carbocycles. The average molecular weight is 311 g/mol. The van der Waals surface area contributed by atoms with Crippen LogP contribution >= 0.6 is 0 Å². The summed E-state index contributed by atoms with van der Waals surface area (Å²) in [5.41, 5.74) is 2.94. The number of carboxylic acid groups (broad SMARTS) is 1. The van der Waals surface area contributed by atoms with E-state index in [1.807, 2.05) is 54.6 Å². The molecule has 4 heteroatoms. The molecule has 23 heavy (non-hydrogen) atoms. The van der Waals surface area contributed by atoms with E-state index < -0.39 is 12.0 Å². The van der Waals surface area contributed by atoms with Crippen LogP contribution in [0.3, 0.4) is 0 Å². The van der Waals surface area contributed by atoms with Crippen molar-refractivity contribution in [2.75, 3.05) is 0 Å². The molecule has 0 spiro atoms. The molecule has 4 nitrogen and oxygen atoms in total. The fourth-order valence-corrected chi connectivity index (χ4v) is 2.44. The van der Waals surface area contributed by atoms with Crippen LogP contribution in [0.1, 0.15) is 36.1 Å². The van der Waals surface area contributed by atoms with E-state index in [1.165, 1.54) is 5.56 Å². The van der Waals surface area contributed by atoms with Crippen LogP contribution in [0.4, 0.5) is 0 Å². The smallest absolute Gasteiger partial charge is 0.305 e. The molecule has 120 valence electrons. The van der Waals surface area contributed by atoms with Crippen molar-refractivity contribution in [2.45, 2.75) is 32.2 Å². The van der Waals surface area contributed by atoms with Crippen LogP contribution in [0, 0.1) is 0 Å². The third-order valence-electron chi connectivity index (χ3n) is 3.71. The summed E-state index contributed by atoms with van der Waals surface area (Å²) in [7, 11) is 0. The van der Waals surface area contributed by atoms with Crippen LogP contribution in [0.5, 0.6) is 0 Å². The lowest BCUT2D eigenvalue weighted by Crippen LogP contribution is -2.31. The number of benzene rings is 2. The topological polar surface area (TPSA) is 66.4 Å². The van der Waals surface area contributed by atoms with Gasteiger partial charge in [0.15, 0.2) is 0 Å². The van der Waals surface area contributed by atoms with Gasteiger partial charge >= 0.3 is 5.97 Å². The van der Waals surface area contributed by atoms with Gasteiger partial charge in [-0.3, -0.25) is 9.59 Å². The van der Waals surface area contributed by atoms with E-state index >= 15 is 0 Å². The van der Waals surface area contributed by atoms with Crippen molar-refractivity contribution in [3.63, 3.8) is 0 Å². The second kappa shape index (κ2) is 8.13. The van der Waals surface area contributed by atoms with Gasteiger partial charge in [0.25, 0.3) is 0 Å². The summed E-state index contributed by atoms with van der Waals surface area (Å²) >= 11 is 0. The lowest BCUT2D eigenvalue weighted by molar-refractivity contribution is -0.137. The first-order chi connectivity index (χ1) is 11.1. The fraction of sp³-hybridized carbons (Fsp3) is 0.263. The van der Waals surface area contributed by atoms with Gasteiger partial charge in [-0.1, -0.05) is 61.5 Å². The Bertz CT molecular complexity index is 650. The molecule has 1 unspecified atom stereocenters. The molecule has 0 aliphatic heterocycles. The number of carbonyl (C=O) groups is 2. The van der Waals surface area contributed by atoms with E-state index in [9.17, 15) is 9.59 Å². The summed E-state index contributed by atoms with van der Waals surface area (Å²) in [6.45, 7) is 2.08. The van der Waals surface area contributed by atoms with E-state index in [-0.39, 0.29) is 18.7 Å². The Morgan fingerprint density at radius 3 is 2.17 bits per heavy atom. The van der Waals surface area contributed by atoms with Crippen LogP contribution in [-0.2, 0) is 22.4 Å². The highest BCUT2D eigenvalue weighted by Crippen LogP contribution is 2.17. The third-order valence-corrected chi connectivity index (χ3v) is 3.71. The Morgan fingerprint density at radius 2 is 1.61 bits per heavy atom. The van der Waals surface area contributed by atoms with Crippen LogP contribution in [0.15, 0.2) is 54.6 Å². The van der Waals surface area contributed by atoms with Crippen molar-refractivity contribution >= 4 is 11.9 Å². The van der Waals surface area contributed by atoms with Gasteiger partial charge in [-0.05, 0) is 23.1 Å². The van der Waals surface area contributed by atoms with Gasteiger partial charge in [0.1, 0.15) is 0 Å². The molecule has 0 aromatic heterocycles. The number of nitrogens with one attached hydrogen (secondary N) is 1. The number of rotatable bonds is 7. The summed E-state index contributed by atoms with van der Waals surface area (Å²) in [6.07, 6.45) is 1.07. The van der Waals surface area contributed by atoms with E-state index in [0.717, 1.165) is 17.5 Å². The van der Waals surface area contributed by atoms with Crippen molar-refractivity contribution in [3.8, 4) is 0 Å². The maximum atomic E-state index is 12.2. The van der Waals surface area contributed by atoms with Gasteiger partial charge in [0, 0.05) is 0 Å². The van der Waals surface area contributed by atoms with Crippen LogP contribution < -0.4 is 5.32 Å². The lowest BCUT2D eigenvalue weighted by Gasteiger charge is -2.17. The zero-order valence-corrected chi connectivity index (χ0v) is 13.2. The maximum absolute atomic E-state index is 12.2. The predicted molar refractivity (Wildman–Crippen MR) is 89.1 cm³/mol. The Morgan fingerprint density at radius 1 is 1.00 bits per heavy atom. The molecule has 0 bridgehead atoms. The molecular weight excluding hydrogens is 290 g/mol. The van der Waals surface area contributed by atoms with Gasteiger partial charge in [0.05, 0.1) is 18.9 Å². The lowest BCUT2D eigenvalue weighted by atomic mass is 10.0.